The van der Waals surface area contributed by atoms with Gasteiger partial charge in [0.25, 0.3) is 11.8 Å². The van der Waals surface area contributed by atoms with Gasteiger partial charge in [0.15, 0.2) is 0 Å². The number of carbonyl (C=O) groups excluding carboxylic acids is 2. The Kier molecular flexibility index (Phi) is 5.42. The number of para-hydroxylation sites is 1. The van der Waals surface area contributed by atoms with Crippen molar-refractivity contribution in [3.8, 4) is 11.4 Å². The molecule has 2 N–H and O–H groups in total. The highest BCUT2D eigenvalue weighted by Gasteiger charge is 2.15. The molecule has 0 bridgehead atoms. The number of hydrogen-bond donors (Lipinski definition) is 2. The Morgan fingerprint density at radius 3 is 2.59 bits per heavy atom. The number of methoxy groups -OCH3 is 1. The maximum atomic E-state index is 12.6. The van der Waals surface area contributed by atoms with Gasteiger partial charge in [-0.25, -0.2) is 4.68 Å². The van der Waals surface area contributed by atoms with Gasteiger partial charge >= 0.3 is 0 Å². The number of halogens is 1. The van der Waals surface area contributed by atoms with Crippen LogP contribution in [0.1, 0.15) is 20.7 Å². The molecule has 138 valence electrons. The first kappa shape index (κ1) is 18.5. The Bertz CT molecular complexity index is 1000. The second kappa shape index (κ2) is 7.92. The minimum absolute atomic E-state index is 0.264. The van der Waals surface area contributed by atoms with E-state index < -0.39 is 0 Å². The average molecular weight is 385 g/mol. The van der Waals surface area contributed by atoms with Crippen LogP contribution in [-0.2, 0) is 0 Å². The van der Waals surface area contributed by atoms with E-state index in [2.05, 4.69) is 15.7 Å². The van der Waals surface area contributed by atoms with Gasteiger partial charge in [-0.05, 0) is 30.3 Å². The normalized spacial score (nSPS) is 10.3. The molecule has 0 radical (unpaired) electrons. The number of rotatable bonds is 5. The third-order valence-corrected chi connectivity index (χ3v) is 4.20. The minimum Gasteiger partial charge on any atom is -0.495 e. The van der Waals surface area contributed by atoms with E-state index in [1.165, 1.54) is 25.0 Å². The van der Waals surface area contributed by atoms with Crippen LogP contribution in [0.4, 0.5) is 5.69 Å². The molecule has 27 heavy (non-hydrogen) atoms. The van der Waals surface area contributed by atoms with Crippen molar-refractivity contribution >= 4 is 29.1 Å². The van der Waals surface area contributed by atoms with Gasteiger partial charge in [0.1, 0.15) is 5.75 Å². The lowest BCUT2D eigenvalue weighted by atomic mass is 10.1. The van der Waals surface area contributed by atoms with E-state index in [4.69, 9.17) is 16.3 Å². The largest absolute Gasteiger partial charge is 0.495 e. The molecule has 0 unspecified atom stereocenters. The lowest BCUT2D eigenvalue weighted by molar-refractivity contribution is 0.0961. The minimum atomic E-state index is -0.388. The van der Waals surface area contributed by atoms with Gasteiger partial charge in [-0.15, -0.1) is 0 Å². The monoisotopic (exact) mass is 384 g/mol. The van der Waals surface area contributed by atoms with Gasteiger partial charge in [-0.1, -0.05) is 23.7 Å². The summed E-state index contributed by atoms with van der Waals surface area (Å²) in [5.41, 5.74) is 1.79. The van der Waals surface area contributed by atoms with Crippen LogP contribution >= 0.6 is 11.6 Å². The van der Waals surface area contributed by atoms with Crippen LogP contribution in [0.15, 0.2) is 54.9 Å². The van der Waals surface area contributed by atoms with Crippen molar-refractivity contribution < 1.29 is 14.3 Å². The molecule has 2 amide bonds. The van der Waals surface area contributed by atoms with E-state index in [1.54, 1.807) is 36.5 Å². The third-order valence-electron chi connectivity index (χ3n) is 3.88. The Morgan fingerprint density at radius 2 is 1.89 bits per heavy atom. The summed E-state index contributed by atoms with van der Waals surface area (Å²) in [7, 11) is 3.02. The van der Waals surface area contributed by atoms with Gasteiger partial charge in [0.2, 0.25) is 0 Å². The number of nitrogens with one attached hydrogen (secondary N) is 2. The van der Waals surface area contributed by atoms with Crippen LogP contribution in [0.3, 0.4) is 0 Å². The van der Waals surface area contributed by atoms with E-state index in [1.807, 2.05) is 12.1 Å². The SMILES string of the molecule is CNC(=O)c1ccc(OC)c(NC(=O)c2cnn(-c3ccccc3Cl)c2)c1. The zero-order valence-corrected chi connectivity index (χ0v) is 15.4. The maximum absolute atomic E-state index is 12.6. The maximum Gasteiger partial charge on any atom is 0.258 e. The molecule has 2 aromatic carbocycles. The standard InChI is InChI=1S/C19H17ClN4O3/c1-21-18(25)12-7-8-17(27-2)15(9-12)23-19(26)13-10-22-24(11-13)16-6-4-3-5-14(16)20/h3-11H,1-2H3,(H,21,25)(H,23,26). The van der Waals surface area contributed by atoms with Crippen LogP contribution in [0.25, 0.3) is 5.69 Å². The molecule has 0 saturated carbocycles. The summed E-state index contributed by atoms with van der Waals surface area (Å²) in [6, 6.07) is 12.0. The average Bonchev–Trinajstić information content (AvgIpc) is 3.17. The summed E-state index contributed by atoms with van der Waals surface area (Å²) in [5.74, 6) is -0.213. The van der Waals surface area contributed by atoms with E-state index in [0.29, 0.717) is 33.3 Å². The fourth-order valence-corrected chi connectivity index (χ4v) is 2.72. The number of anilines is 1. The topological polar surface area (TPSA) is 85.2 Å². The molecule has 0 aliphatic rings. The van der Waals surface area contributed by atoms with Crippen molar-refractivity contribution in [2.75, 3.05) is 19.5 Å². The van der Waals surface area contributed by atoms with Gasteiger partial charge in [0, 0.05) is 18.8 Å². The highest BCUT2D eigenvalue weighted by Crippen LogP contribution is 2.26. The number of carbonyl (C=O) groups is 2. The summed E-state index contributed by atoms with van der Waals surface area (Å²) in [5, 5.41) is 9.99. The zero-order valence-electron chi connectivity index (χ0n) is 14.7. The molecule has 7 nitrogen and oxygen atoms in total. The van der Waals surface area contributed by atoms with Gasteiger partial charge in [0.05, 0.1) is 35.3 Å². The Labute approximate surface area is 160 Å². The van der Waals surface area contributed by atoms with Gasteiger partial charge in [-0.2, -0.15) is 5.10 Å². The van der Waals surface area contributed by atoms with Crippen LogP contribution in [0.2, 0.25) is 5.02 Å². The van der Waals surface area contributed by atoms with Crippen molar-refractivity contribution in [3.63, 3.8) is 0 Å². The molecule has 3 rings (SSSR count). The predicted molar refractivity (Wildman–Crippen MR) is 103 cm³/mol. The second-order valence-corrected chi connectivity index (χ2v) is 5.98. The Morgan fingerprint density at radius 1 is 1.11 bits per heavy atom. The van der Waals surface area contributed by atoms with Crippen LogP contribution in [0, 0.1) is 0 Å². The van der Waals surface area contributed by atoms with Crippen molar-refractivity contribution in [2.24, 2.45) is 0 Å². The molecule has 0 fully saturated rings. The lowest BCUT2D eigenvalue weighted by Gasteiger charge is -2.11. The van der Waals surface area contributed by atoms with E-state index in [9.17, 15) is 9.59 Å². The van der Waals surface area contributed by atoms with Crippen LogP contribution in [-0.4, -0.2) is 35.8 Å². The van der Waals surface area contributed by atoms with Crippen molar-refractivity contribution in [1.29, 1.82) is 0 Å². The van der Waals surface area contributed by atoms with E-state index in [-0.39, 0.29) is 11.8 Å². The molecule has 0 aliphatic carbocycles. The van der Waals surface area contributed by atoms with Crippen molar-refractivity contribution in [1.82, 2.24) is 15.1 Å². The number of benzene rings is 2. The predicted octanol–water partition coefficient (Wildman–Crippen LogP) is 3.15. The summed E-state index contributed by atoms with van der Waals surface area (Å²) >= 11 is 6.16. The summed E-state index contributed by atoms with van der Waals surface area (Å²) in [6.07, 6.45) is 3.01. The number of amides is 2. The molecular weight excluding hydrogens is 368 g/mol. The number of ether oxygens (including phenoxy) is 1. The zero-order chi connectivity index (χ0) is 19.4. The third kappa shape index (κ3) is 3.93. The highest BCUT2D eigenvalue weighted by atomic mass is 35.5. The second-order valence-electron chi connectivity index (χ2n) is 5.57. The molecule has 0 atom stereocenters. The number of hydrogen-bond acceptors (Lipinski definition) is 4. The van der Waals surface area contributed by atoms with Gasteiger partial charge < -0.3 is 15.4 Å². The molecule has 0 spiro atoms. The van der Waals surface area contributed by atoms with Crippen LogP contribution in [0.5, 0.6) is 5.75 Å². The molecule has 8 heteroatoms. The smallest absolute Gasteiger partial charge is 0.258 e. The molecule has 0 saturated heterocycles. The highest BCUT2D eigenvalue weighted by molar-refractivity contribution is 6.32. The molecule has 0 aliphatic heterocycles. The Hall–Kier alpha value is -3.32. The quantitative estimate of drug-likeness (QED) is 0.707. The number of nitrogens with zero attached hydrogens (tertiary/aromatic N) is 2. The fourth-order valence-electron chi connectivity index (χ4n) is 2.50. The first-order valence-corrected chi connectivity index (χ1v) is 8.42. The summed E-state index contributed by atoms with van der Waals surface area (Å²) in [4.78, 5) is 24.4. The van der Waals surface area contributed by atoms with Gasteiger partial charge in [-0.3, -0.25) is 9.59 Å². The van der Waals surface area contributed by atoms with Crippen molar-refractivity contribution in [3.05, 3.63) is 71.0 Å². The van der Waals surface area contributed by atoms with E-state index >= 15 is 0 Å². The summed E-state index contributed by atoms with van der Waals surface area (Å²) < 4.78 is 6.78. The number of aromatic nitrogens is 2. The first-order valence-electron chi connectivity index (χ1n) is 8.04. The lowest BCUT2D eigenvalue weighted by Crippen LogP contribution is -2.18. The summed E-state index contributed by atoms with van der Waals surface area (Å²) in [6.45, 7) is 0. The van der Waals surface area contributed by atoms with E-state index in [0.717, 1.165) is 0 Å². The molecular formula is C19H17ClN4O3. The Balaban J connectivity index is 1.86. The first-order chi connectivity index (χ1) is 13.0. The molecule has 1 aromatic heterocycles. The fraction of sp³-hybridized carbons (Fsp3) is 0.105. The molecule has 1 heterocycles. The van der Waals surface area contributed by atoms with Crippen molar-refractivity contribution in [2.45, 2.75) is 0 Å². The molecule has 3 aromatic rings. The van der Waals surface area contributed by atoms with Crippen LogP contribution < -0.4 is 15.4 Å².